The molecule has 2 heterocycles. The van der Waals surface area contributed by atoms with Gasteiger partial charge in [0.05, 0.1) is 5.52 Å². The summed E-state index contributed by atoms with van der Waals surface area (Å²) in [6.45, 7) is 0. The van der Waals surface area contributed by atoms with E-state index in [1.807, 2.05) is 30.3 Å². The second kappa shape index (κ2) is 3.65. The van der Waals surface area contributed by atoms with Crippen LogP contribution in [0.2, 0.25) is 5.15 Å². The number of hydrogen-bond acceptors (Lipinski definition) is 1. The number of nitrogens with one attached hydrogen (secondary N) is 1. The molecule has 0 amide bonds. The molecule has 3 heteroatoms. The first-order valence-electron chi connectivity index (χ1n) is 5.03. The minimum atomic E-state index is 0.538. The summed E-state index contributed by atoms with van der Waals surface area (Å²) < 4.78 is 0. The third-order valence-corrected chi connectivity index (χ3v) is 2.89. The van der Waals surface area contributed by atoms with E-state index >= 15 is 0 Å². The molecule has 3 rings (SSSR count). The molecule has 0 bridgehead atoms. The minimum Gasteiger partial charge on any atom is -0.354 e. The van der Waals surface area contributed by atoms with E-state index < -0.39 is 0 Å². The third-order valence-electron chi connectivity index (χ3n) is 2.58. The van der Waals surface area contributed by atoms with Gasteiger partial charge < -0.3 is 4.98 Å². The van der Waals surface area contributed by atoms with E-state index in [1.54, 1.807) is 6.20 Å². The molecule has 1 N–H and O–H groups in total. The van der Waals surface area contributed by atoms with Crippen LogP contribution in [0.5, 0.6) is 0 Å². The van der Waals surface area contributed by atoms with Gasteiger partial charge >= 0.3 is 0 Å². The molecule has 0 aliphatic carbocycles. The Morgan fingerprint density at radius 3 is 2.62 bits per heavy atom. The first kappa shape index (κ1) is 9.43. The molecule has 0 aliphatic rings. The van der Waals surface area contributed by atoms with E-state index in [0.29, 0.717) is 5.15 Å². The average Bonchev–Trinajstić information content (AvgIpc) is 2.76. The number of hydrogen-bond donors (Lipinski definition) is 1. The molecule has 2 aromatic heterocycles. The maximum Gasteiger partial charge on any atom is 0.138 e. The third kappa shape index (κ3) is 1.48. The fourth-order valence-corrected chi connectivity index (χ4v) is 2.01. The Morgan fingerprint density at radius 1 is 1.06 bits per heavy atom. The Morgan fingerprint density at radius 2 is 1.88 bits per heavy atom. The van der Waals surface area contributed by atoms with Crippen molar-refractivity contribution in [1.29, 1.82) is 0 Å². The van der Waals surface area contributed by atoms with Gasteiger partial charge in [0.15, 0.2) is 0 Å². The van der Waals surface area contributed by atoms with Crippen LogP contribution in [0, 0.1) is 0 Å². The smallest absolute Gasteiger partial charge is 0.138 e. The molecule has 3 aromatic rings. The first-order chi connectivity index (χ1) is 7.84. The van der Waals surface area contributed by atoms with E-state index in [2.05, 4.69) is 22.1 Å². The lowest BCUT2D eigenvalue weighted by Gasteiger charge is -1.94. The summed E-state index contributed by atoms with van der Waals surface area (Å²) in [5.74, 6) is 0. The second-order valence-electron chi connectivity index (χ2n) is 3.61. The molecule has 0 saturated carbocycles. The first-order valence-corrected chi connectivity index (χ1v) is 5.41. The Kier molecular flexibility index (Phi) is 2.15. The Labute approximate surface area is 97.9 Å². The predicted molar refractivity (Wildman–Crippen MR) is 66.5 cm³/mol. The fourth-order valence-electron chi connectivity index (χ4n) is 1.79. The molecule has 2 nitrogen and oxygen atoms in total. The Balaban J connectivity index is 2.23. The van der Waals surface area contributed by atoms with Gasteiger partial charge in [-0.1, -0.05) is 41.9 Å². The highest BCUT2D eigenvalue weighted by Gasteiger charge is 2.05. The highest BCUT2D eigenvalue weighted by Crippen LogP contribution is 2.27. The van der Waals surface area contributed by atoms with Crippen molar-refractivity contribution in [2.75, 3.05) is 0 Å². The molecular weight excluding hydrogens is 220 g/mol. The summed E-state index contributed by atoms with van der Waals surface area (Å²) in [5.41, 5.74) is 3.22. The van der Waals surface area contributed by atoms with Crippen LogP contribution in [-0.2, 0) is 0 Å². The van der Waals surface area contributed by atoms with Crippen molar-refractivity contribution in [3.63, 3.8) is 0 Å². The van der Waals surface area contributed by atoms with E-state index in [0.717, 1.165) is 22.2 Å². The summed E-state index contributed by atoms with van der Waals surface area (Å²) in [6.07, 6.45) is 1.70. The van der Waals surface area contributed by atoms with Gasteiger partial charge in [-0.05, 0) is 17.7 Å². The van der Waals surface area contributed by atoms with Crippen molar-refractivity contribution < 1.29 is 0 Å². The van der Waals surface area contributed by atoms with Gasteiger partial charge in [0.2, 0.25) is 0 Å². The molecule has 78 valence electrons. The maximum absolute atomic E-state index is 6.03. The summed E-state index contributed by atoms with van der Waals surface area (Å²) in [4.78, 5) is 7.39. The van der Waals surface area contributed by atoms with E-state index in [9.17, 15) is 0 Å². The van der Waals surface area contributed by atoms with Crippen molar-refractivity contribution in [1.82, 2.24) is 9.97 Å². The number of H-pyrrole nitrogens is 1. The number of pyridine rings is 1. The molecule has 16 heavy (non-hydrogen) atoms. The van der Waals surface area contributed by atoms with Gasteiger partial charge in [-0.25, -0.2) is 4.98 Å². The second-order valence-corrected chi connectivity index (χ2v) is 3.97. The average molecular weight is 229 g/mol. The maximum atomic E-state index is 6.03. The topological polar surface area (TPSA) is 28.7 Å². The monoisotopic (exact) mass is 228 g/mol. The molecule has 0 saturated heterocycles. The fraction of sp³-hybridized carbons (Fsp3) is 0. The van der Waals surface area contributed by atoms with Crippen LogP contribution in [0.15, 0.2) is 48.7 Å². The summed E-state index contributed by atoms with van der Waals surface area (Å²) in [5, 5.41) is 1.50. The zero-order valence-corrected chi connectivity index (χ0v) is 9.20. The van der Waals surface area contributed by atoms with Crippen LogP contribution >= 0.6 is 11.6 Å². The number of halogens is 1. The van der Waals surface area contributed by atoms with Crippen LogP contribution in [0.1, 0.15) is 0 Å². The summed E-state index contributed by atoms with van der Waals surface area (Å²) >= 11 is 6.03. The van der Waals surface area contributed by atoms with Gasteiger partial charge in [0.1, 0.15) is 5.15 Å². The highest BCUT2D eigenvalue weighted by atomic mass is 35.5. The number of rotatable bonds is 1. The summed E-state index contributed by atoms with van der Waals surface area (Å²) in [7, 11) is 0. The molecule has 0 atom stereocenters. The highest BCUT2D eigenvalue weighted by molar-refractivity contribution is 6.34. The predicted octanol–water partition coefficient (Wildman–Crippen LogP) is 3.88. The van der Waals surface area contributed by atoms with Crippen LogP contribution in [-0.4, -0.2) is 9.97 Å². The Bertz CT molecular complexity index is 629. The molecule has 0 aliphatic heterocycles. The standard InChI is InChI=1S/C13H9ClN2/c14-13-10-8-12(9-4-2-1-3-5-9)16-11(10)6-7-15-13/h1-8,16H. The number of benzene rings is 1. The Hall–Kier alpha value is -1.80. The van der Waals surface area contributed by atoms with E-state index in [1.165, 1.54) is 0 Å². The van der Waals surface area contributed by atoms with Gasteiger partial charge in [-0.3, -0.25) is 0 Å². The number of nitrogens with zero attached hydrogens (tertiary/aromatic N) is 1. The lowest BCUT2D eigenvalue weighted by atomic mass is 10.1. The zero-order chi connectivity index (χ0) is 11.0. The van der Waals surface area contributed by atoms with Crippen molar-refractivity contribution in [3.8, 4) is 11.3 Å². The lowest BCUT2D eigenvalue weighted by molar-refractivity contribution is 1.35. The summed E-state index contributed by atoms with van der Waals surface area (Å²) in [6, 6.07) is 14.1. The molecule has 1 aromatic carbocycles. The molecule has 0 radical (unpaired) electrons. The number of fused-ring (bicyclic) bond motifs is 1. The number of aromatic amines is 1. The SMILES string of the molecule is Clc1nccc2[nH]c(-c3ccccc3)cc12. The lowest BCUT2D eigenvalue weighted by Crippen LogP contribution is -1.75. The van der Waals surface area contributed by atoms with Crippen molar-refractivity contribution in [2.45, 2.75) is 0 Å². The van der Waals surface area contributed by atoms with E-state index in [-0.39, 0.29) is 0 Å². The van der Waals surface area contributed by atoms with Crippen molar-refractivity contribution in [3.05, 3.63) is 53.8 Å². The van der Waals surface area contributed by atoms with Gasteiger partial charge in [-0.15, -0.1) is 0 Å². The van der Waals surface area contributed by atoms with Gasteiger partial charge in [0, 0.05) is 17.3 Å². The molecular formula is C13H9ClN2. The minimum absolute atomic E-state index is 0.538. The normalized spacial score (nSPS) is 10.8. The van der Waals surface area contributed by atoms with Crippen LogP contribution in [0.4, 0.5) is 0 Å². The van der Waals surface area contributed by atoms with Crippen LogP contribution in [0.25, 0.3) is 22.2 Å². The van der Waals surface area contributed by atoms with E-state index in [4.69, 9.17) is 11.6 Å². The molecule has 0 unspecified atom stereocenters. The van der Waals surface area contributed by atoms with Crippen molar-refractivity contribution >= 4 is 22.5 Å². The van der Waals surface area contributed by atoms with Gasteiger partial charge in [-0.2, -0.15) is 0 Å². The molecule has 0 spiro atoms. The number of aromatic nitrogens is 2. The van der Waals surface area contributed by atoms with Crippen molar-refractivity contribution in [2.24, 2.45) is 0 Å². The molecule has 0 fully saturated rings. The largest absolute Gasteiger partial charge is 0.354 e. The van der Waals surface area contributed by atoms with Gasteiger partial charge in [0.25, 0.3) is 0 Å². The van der Waals surface area contributed by atoms with Crippen LogP contribution in [0.3, 0.4) is 0 Å². The quantitative estimate of drug-likeness (QED) is 0.629. The van der Waals surface area contributed by atoms with Crippen LogP contribution < -0.4 is 0 Å². The zero-order valence-electron chi connectivity index (χ0n) is 8.44.